The molecule has 1 aliphatic rings. The molecule has 0 saturated carbocycles. The fraction of sp³-hybridized carbons (Fsp3) is 0.486. The van der Waals surface area contributed by atoms with Crippen LogP contribution in [0.5, 0.6) is 0 Å². The lowest BCUT2D eigenvalue weighted by Crippen LogP contribution is -2.32. The van der Waals surface area contributed by atoms with Gasteiger partial charge < -0.3 is 37.7 Å². The number of benzene rings is 2. The van der Waals surface area contributed by atoms with E-state index in [0.29, 0.717) is 17.4 Å². The summed E-state index contributed by atoms with van der Waals surface area (Å²) in [7, 11) is 0. The van der Waals surface area contributed by atoms with Crippen LogP contribution < -0.4 is 22.5 Å². The Morgan fingerprint density at radius 1 is 1.05 bits per heavy atom. The molecule has 9 heteroatoms. The van der Waals surface area contributed by atoms with E-state index in [4.69, 9.17) is 22.3 Å². The van der Waals surface area contributed by atoms with Gasteiger partial charge in [0, 0.05) is 24.9 Å². The number of unbranched alkanes of at least 4 members (excludes halogenated alkanes) is 3. The lowest BCUT2D eigenvalue weighted by atomic mass is 9.69. The molecule has 0 aliphatic heterocycles. The molecule has 238 valence electrons. The highest BCUT2D eigenvalue weighted by Crippen LogP contribution is 2.44. The van der Waals surface area contributed by atoms with Crippen LogP contribution in [0.1, 0.15) is 81.3 Å². The van der Waals surface area contributed by atoms with Gasteiger partial charge in [0.1, 0.15) is 5.82 Å². The second kappa shape index (κ2) is 16.9. The summed E-state index contributed by atoms with van der Waals surface area (Å²) in [4.78, 5) is 19.3. The summed E-state index contributed by atoms with van der Waals surface area (Å²) in [5.74, 6) is 0.372. The van der Waals surface area contributed by atoms with E-state index in [1.807, 2.05) is 18.3 Å². The number of aromatic amines is 1. The summed E-state index contributed by atoms with van der Waals surface area (Å²) < 4.78 is 0. The first-order chi connectivity index (χ1) is 21.3. The maximum Gasteiger partial charge on any atom is 0.328 e. The Morgan fingerprint density at radius 3 is 2.50 bits per heavy atom. The molecule has 0 bridgehead atoms. The minimum atomic E-state index is -1.02. The Morgan fingerprint density at radius 2 is 1.80 bits per heavy atom. The number of fused-ring (bicyclic) bond motifs is 2. The zero-order valence-electron chi connectivity index (χ0n) is 25.8. The molecule has 0 unspecified atom stereocenters. The summed E-state index contributed by atoms with van der Waals surface area (Å²) in [5.41, 5.74) is 21.3. The molecule has 10 N–H and O–H groups in total. The van der Waals surface area contributed by atoms with Gasteiger partial charge in [-0.15, -0.1) is 0 Å². The number of aromatic nitrogens is 1. The van der Waals surface area contributed by atoms with Crippen LogP contribution in [0.15, 0.2) is 71.4 Å². The first-order valence-corrected chi connectivity index (χ1v) is 16.1. The number of aliphatic carboxylic acids is 1. The minimum Gasteiger partial charge on any atom is -0.478 e. The van der Waals surface area contributed by atoms with Crippen molar-refractivity contribution in [3.63, 3.8) is 0 Å². The van der Waals surface area contributed by atoms with Crippen LogP contribution in [0.4, 0.5) is 5.82 Å². The van der Waals surface area contributed by atoms with Crippen LogP contribution in [0.2, 0.25) is 0 Å². The van der Waals surface area contributed by atoms with Crippen molar-refractivity contribution in [3.8, 4) is 0 Å². The van der Waals surface area contributed by atoms with Crippen molar-refractivity contribution in [1.29, 1.82) is 0 Å². The van der Waals surface area contributed by atoms with Gasteiger partial charge in [0.15, 0.2) is 5.96 Å². The first kappa shape index (κ1) is 33.1. The second-order valence-corrected chi connectivity index (χ2v) is 12.2. The number of aliphatic hydroxyl groups is 1. The van der Waals surface area contributed by atoms with E-state index in [1.165, 1.54) is 28.0 Å². The molecule has 1 aromatic heterocycles. The number of rotatable bonds is 18. The highest BCUT2D eigenvalue weighted by molar-refractivity contribution is 5.84. The number of anilines is 1. The summed E-state index contributed by atoms with van der Waals surface area (Å²) in [6.07, 6.45) is 14.0. The molecular weight excluding hydrogens is 552 g/mol. The monoisotopic (exact) mass is 602 g/mol. The quantitative estimate of drug-likeness (QED) is 0.0441. The van der Waals surface area contributed by atoms with Crippen molar-refractivity contribution in [2.75, 3.05) is 18.5 Å². The molecule has 44 heavy (non-hydrogen) atoms. The lowest BCUT2D eigenvalue weighted by Gasteiger charge is -2.37. The molecule has 2 aromatic carbocycles. The van der Waals surface area contributed by atoms with Crippen LogP contribution in [0.25, 0.3) is 10.8 Å². The van der Waals surface area contributed by atoms with Crippen LogP contribution >= 0.6 is 0 Å². The standard InChI is InChI=1S/C35H50N6O3/c36-29(11-3-1-2-6-18-42)12-7-13-30-27(16-15-26-19-24-9-4-5-10-25(24)20-31(26)30)21-32(41-33-14-8-17-39-33)28(22-34(43)44)23-40-35(37)38/h4-5,8-10,14,17,19-20,22,27,29-30,32,39,41-42H,1-3,6-7,11-13,15-16,18,21,23,36H2,(H,43,44)(H4,37,38,40)/b28-22+/t27-,29-,30-,32-/m1/s1. The fourth-order valence-corrected chi connectivity index (χ4v) is 6.76. The maximum absolute atomic E-state index is 11.9. The molecule has 3 aromatic rings. The number of aliphatic imine (C=N–C) groups is 1. The van der Waals surface area contributed by atoms with Crippen molar-refractivity contribution in [3.05, 3.63) is 77.5 Å². The highest BCUT2D eigenvalue weighted by Gasteiger charge is 2.33. The predicted octanol–water partition coefficient (Wildman–Crippen LogP) is 5.41. The summed E-state index contributed by atoms with van der Waals surface area (Å²) in [6, 6.07) is 17.0. The van der Waals surface area contributed by atoms with Crippen LogP contribution in [0, 0.1) is 5.92 Å². The normalized spacial score (nSPS) is 18.0. The zero-order valence-corrected chi connectivity index (χ0v) is 25.8. The molecule has 4 rings (SSSR count). The van der Waals surface area contributed by atoms with E-state index < -0.39 is 5.97 Å². The molecule has 0 amide bonds. The number of aryl methyl sites for hydroxylation is 1. The zero-order chi connectivity index (χ0) is 31.3. The molecule has 0 fully saturated rings. The second-order valence-electron chi connectivity index (χ2n) is 12.2. The van der Waals surface area contributed by atoms with Crippen molar-refractivity contribution in [1.82, 2.24) is 4.98 Å². The van der Waals surface area contributed by atoms with Crippen molar-refractivity contribution >= 4 is 28.5 Å². The SMILES string of the molecule is NC(N)=NC/C(=C\C(=O)O)[C@@H](C[C@H]1CCc2cc3ccccc3cc2[C@@H]1CCC[C@H](N)CCCCCCO)Nc1ccc[nH]1. The molecular formula is C35H50N6O3. The lowest BCUT2D eigenvalue weighted by molar-refractivity contribution is -0.131. The predicted molar refractivity (Wildman–Crippen MR) is 180 cm³/mol. The fourth-order valence-electron chi connectivity index (χ4n) is 6.76. The molecule has 0 spiro atoms. The number of nitrogens with one attached hydrogen (secondary N) is 2. The number of carboxylic acid groups (broad SMARTS) is 1. The van der Waals surface area contributed by atoms with Gasteiger partial charge in [0.25, 0.3) is 0 Å². The topological polar surface area (TPSA) is 176 Å². The Hall–Kier alpha value is -3.82. The number of carboxylic acids is 1. The van der Waals surface area contributed by atoms with Gasteiger partial charge in [-0.05, 0) is 96.4 Å². The van der Waals surface area contributed by atoms with E-state index >= 15 is 0 Å². The van der Waals surface area contributed by atoms with Gasteiger partial charge in [-0.2, -0.15) is 0 Å². The maximum atomic E-state index is 11.9. The van der Waals surface area contributed by atoms with Crippen molar-refractivity contribution in [2.24, 2.45) is 28.1 Å². The highest BCUT2D eigenvalue weighted by atomic mass is 16.4. The van der Waals surface area contributed by atoms with Gasteiger partial charge in [-0.25, -0.2) is 9.79 Å². The van der Waals surface area contributed by atoms with Gasteiger partial charge in [-0.3, -0.25) is 0 Å². The van der Waals surface area contributed by atoms with Crippen LogP contribution in [-0.2, 0) is 11.2 Å². The first-order valence-electron chi connectivity index (χ1n) is 16.1. The number of carbonyl (C=O) groups is 1. The third kappa shape index (κ3) is 9.86. The molecule has 1 heterocycles. The van der Waals surface area contributed by atoms with Gasteiger partial charge in [0.05, 0.1) is 12.6 Å². The van der Waals surface area contributed by atoms with E-state index in [-0.39, 0.29) is 31.2 Å². The number of nitrogens with zero attached hydrogens (tertiary/aromatic N) is 1. The molecule has 0 radical (unpaired) electrons. The Kier molecular flexibility index (Phi) is 12.7. The van der Waals surface area contributed by atoms with E-state index in [1.54, 1.807) is 0 Å². The van der Waals surface area contributed by atoms with Crippen LogP contribution in [0.3, 0.4) is 0 Å². The van der Waals surface area contributed by atoms with Crippen molar-refractivity contribution in [2.45, 2.75) is 88.6 Å². The van der Waals surface area contributed by atoms with Gasteiger partial charge in [-0.1, -0.05) is 62.1 Å². The summed E-state index contributed by atoms with van der Waals surface area (Å²) in [6.45, 7) is 0.368. The molecule has 0 saturated heterocycles. The minimum absolute atomic E-state index is 0.0685. The van der Waals surface area contributed by atoms with Gasteiger partial charge >= 0.3 is 5.97 Å². The third-order valence-electron chi connectivity index (χ3n) is 9.00. The smallest absolute Gasteiger partial charge is 0.328 e. The Balaban J connectivity index is 1.58. The summed E-state index contributed by atoms with van der Waals surface area (Å²) in [5, 5.41) is 24.8. The van der Waals surface area contributed by atoms with E-state index in [0.717, 1.165) is 76.4 Å². The molecule has 4 atom stereocenters. The van der Waals surface area contributed by atoms with Crippen LogP contribution in [-0.4, -0.2) is 52.4 Å². The molecule has 1 aliphatic carbocycles. The van der Waals surface area contributed by atoms with E-state index in [2.05, 4.69) is 51.7 Å². The summed E-state index contributed by atoms with van der Waals surface area (Å²) >= 11 is 0. The number of aliphatic hydroxyl groups excluding tert-OH is 1. The van der Waals surface area contributed by atoms with E-state index in [9.17, 15) is 9.90 Å². The van der Waals surface area contributed by atoms with Crippen molar-refractivity contribution < 1.29 is 15.0 Å². The van der Waals surface area contributed by atoms with Gasteiger partial charge in [0.2, 0.25) is 0 Å². The average molecular weight is 603 g/mol. The Labute approximate surface area is 261 Å². The number of H-pyrrole nitrogens is 1. The number of hydrogen-bond donors (Lipinski definition) is 7. The number of hydrogen-bond acceptors (Lipinski definition) is 5. The largest absolute Gasteiger partial charge is 0.478 e. The number of nitrogens with two attached hydrogens (primary N) is 3. The Bertz CT molecular complexity index is 1380. The average Bonchev–Trinajstić information content (AvgIpc) is 3.51. The third-order valence-corrected chi connectivity index (χ3v) is 9.00. The molecule has 9 nitrogen and oxygen atoms in total. The number of guanidine groups is 1.